The van der Waals surface area contributed by atoms with Gasteiger partial charge in [0.2, 0.25) is 0 Å². The van der Waals surface area contributed by atoms with E-state index in [2.05, 4.69) is 4.98 Å². The van der Waals surface area contributed by atoms with Gasteiger partial charge in [-0.15, -0.1) is 0 Å². The van der Waals surface area contributed by atoms with Crippen molar-refractivity contribution in [2.24, 2.45) is 7.05 Å². The molecule has 1 aromatic heterocycles. The van der Waals surface area contributed by atoms with E-state index in [0.29, 0.717) is 6.54 Å². The molecule has 0 fully saturated rings. The lowest BCUT2D eigenvalue weighted by molar-refractivity contribution is 0.0580. The van der Waals surface area contributed by atoms with Crippen LogP contribution in [0, 0.1) is 0 Å². The summed E-state index contributed by atoms with van der Waals surface area (Å²) >= 11 is 0. The van der Waals surface area contributed by atoms with E-state index in [1.807, 2.05) is 34.7 Å². The first kappa shape index (κ1) is 12.5. The summed E-state index contributed by atoms with van der Waals surface area (Å²) in [6, 6.07) is 0. The maximum atomic E-state index is 11.9. The van der Waals surface area contributed by atoms with E-state index in [1.54, 1.807) is 22.0 Å². The SMILES string of the molecule is CCN(C(=O)OC(C)(C)C)c1cncn1C. The summed E-state index contributed by atoms with van der Waals surface area (Å²) in [7, 11) is 1.84. The number of aromatic nitrogens is 2. The molecule has 5 heteroatoms. The van der Waals surface area contributed by atoms with Crippen LogP contribution < -0.4 is 4.90 Å². The van der Waals surface area contributed by atoms with Crippen LogP contribution in [0.2, 0.25) is 0 Å². The maximum absolute atomic E-state index is 11.9. The molecule has 90 valence electrons. The number of carbonyl (C=O) groups excluding carboxylic acids is 1. The number of ether oxygens (including phenoxy) is 1. The fraction of sp³-hybridized carbons (Fsp3) is 0.636. The highest BCUT2D eigenvalue weighted by Crippen LogP contribution is 2.16. The zero-order valence-corrected chi connectivity index (χ0v) is 10.5. The number of hydrogen-bond donors (Lipinski definition) is 0. The Balaban J connectivity index is 2.84. The fourth-order valence-electron chi connectivity index (χ4n) is 1.31. The van der Waals surface area contributed by atoms with Crippen LogP contribution in [0.4, 0.5) is 10.6 Å². The molecule has 0 aliphatic heterocycles. The quantitative estimate of drug-likeness (QED) is 0.775. The lowest BCUT2D eigenvalue weighted by atomic mass is 10.2. The van der Waals surface area contributed by atoms with Crippen LogP contribution in [0.15, 0.2) is 12.5 Å². The molecule has 0 spiro atoms. The molecule has 16 heavy (non-hydrogen) atoms. The number of anilines is 1. The van der Waals surface area contributed by atoms with Crippen LogP contribution in [0.25, 0.3) is 0 Å². The lowest BCUT2D eigenvalue weighted by Crippen LogP contribution is -2.37. The maximum Gasteiger partial charge on any atom is 0.415 e. The van der Waals surface area contributed by atoms with Crippen molar-refractivity contribution in [3.63, 3.8) is 0 Å². The largest absolute Gasteiger partial charge is 0.443 e. The Bertz CT molecular complexity index is 366. The van der Waals surface area contributed by atoms with Crippen molar-refractivity contribution in [1.82, 2.24) is 9.55 Å². The molecule has 1 aromatic rings. The van der Waals surface area contributed by atoms with Crippen molar-refractivity contribution in [2.45, 2.75) is 33.3 Å². The molecule has 0 unspecified atom stereocenters. The van der Waals surface area contributed by atoms with Gasteiger partial charge in [-0.1, -0.05) is 0 Å². The molecule has 0 saturated heterocycles. The number of nitrogens with zero attached hydrogens (tertiary/aromatic N) is 3. The summed E-state index contributed by atoms with van der Waals surface area (Å²) in [5.74, 6) is 0.733. The van der Waals surface area contributed by atoms with Crippen LogP contribution in [-0.4, -0.2) is 27.8 Å². The van der Waals surface area contributed by atoms with Gasteiger partial charge < -0.3 is 9.30 Å². The van der Waals surface area contributed by atoms with E-state index in [0.717, 1.165) is 5.82 Å². The first-order valence-electron chi connectivity index (χ1n) is 5.32. The standard InChI is InChI=1S/C11H19N3O2/c1-6-14(9-7-12-8-13(9)5)10(15)16-11(2,3)4/h7-8H,6H2,1-5H3. The molecule has 0 saturated carbocycles. The van der Waals surface area contributed by atoms with Crippen molar-refractivity contribution < 1.29 is 9.53 Å². The van der Waals surface area contributed by atoms with Crippen molar-refractivity contribution in [3.05, 3.63) is 12.5 Å². The molecule has 0 radical (unpaired) electrons. The molecular weight excluding hydrogens is 206 g/mol. The average molecular weight is 225 g/mol. The number of amides is 1. The summed E-state index contributed by atoms with van der Waals surface area (Å²) in [6.45, 7) is 8.00. The van der Waals surface area contributed by atoms with Gasteiger partial charge in [-0.25, -0.2) is 9.78 Å². The molecule has 5 nitrogen and oxygen atoms in total. The second-order valence-corrected chi connectivity index (χ2v) is 4.59. The third-order valence-corrected chi connectivity index (χ3v) is 2.00. The highest BCUT2D eigenvalue weighted by molar-refractivity contribution is 5.86. The molecule has 0 bridgehead atoms. The number of aryl methyl sites for hydroxylation is 1. The Morgan fingerprint density at radius 3 is 2.56 bits per heavy atom. The Morgan fingerprint density at radius 1 is 1.56 bits per heavy atom. The number of hydrogen-bond acceptors (Lipinski definition) is 3. The van der Waals surface area contributed by atoms with Gasteiger partial charge in [-0.2, -0.15) is 0 Å². The van der Waals surface area contributed by atoms with E-state index in [9.17, 15) is 4.79 Å². The van der Waals surface area contributed by atoms with Crippen molar-refractivity contribution in [3.8, 4) is 0 Å². The van der Waals surface area contributed by atoms with Gasteiger partial charge in [-0.3, -0.25) is 4.90 Å². The van der Waals surface area contributed by atoms with Gasteiger partial charge >= 0.3 is 6.09 Å². The highest BCUT2D eigenvalue weighted by Gasteiger charge is 2.23. The average Bonchev–Trinajstić information content (AvgIpc) is 2.50. The van der Waals surface area contributed by atoms with Gasteiger partial charge in [0.1, 0.15) is 11.4 Å². The van der Waals surface area contributed by atoms with E-state index in [4.69, 9.17) is 4.74 Å². The molecular formula is C11H19N3O2. The summed E-state index contributed by atoms with van der Waals surface area (Å²) in [5.41, 5.74) is -0.483. The second-order valence-electron chi connectivity index (χ2n) is 4.59. The molecule has 0 N–H and O–H groups in total. The summed E-state index contributed by atoms with van der Waals surface area (Å²) in [4.78, 5) is 17.4. The van der Waals surface area contributed by atoms with Crippen molar-refractivity contribution >= 4 is 11.9 Å². The molecule has 1 rings (SSSR count). The first-order chi connectivity index (χ1) is 7.35. The minimum Gasteiger partial charge on any atom is -0.443 e. The van der Waals surface area contributed by atoms with E-state index in [-0.39, 0.29) is 6.09 Å². The van der Waals surface area contributed by atoms with E-state index < -0.39 is 5.60 Å². The smallest absolute Gasteiger partial charge is 0.415 e. The predicted molar refractivity (Wildman–Crippen MR) is 62.5 cm³/mol. The number of rotatable bonds is 2. The van der Waals surface area contributed by atoms with E-state index in [1.165, 1.54) is 0 Å². The van der Waals surface area contributed by atoms with Gasteiger partial charge in [-0.05, 0) is 27.7 Å². The number of imidazole rings is 1. The van der Waals surface area contributed by atoms with Gasteiger partial charge in [0.15, 0.2) is 0 Å². The third kappa shape index (κ3) is 2.98. The zero-order chi connectivity index (χ0) is 12.3. The van der Waals surface area contributed by atoms with Crippen molar-refractivity contribution in [1.29, 1.82) is 0 Å². The summed E-state index contributed by atoms with van der Waals surface area (Å²) < 4.78 is 7.10. The minimum absolute atomic E-state index is 0.349. The van der Waals surface area contributed by atoms with Gasteiger partial charge in [0.25, 0.3) is 0 Å². The molecule has 0 aliphatic carbocycles. The monoisotopic (exact) mass is 225 g/mol. The normalized spacial score (nSPS) is 11.3. The zero-order valence-electron chi connectivity index (χ0n) is 10.5. The molecule has 1 amide bonds. The summed E-state index contributed by atoms with van der Waals surface area (Å²) in [6.07, 6.45) is 2.95. The molecule has 0 aromatic carbocycles. The topological polar surface area (TPSA) is 47.4 Å². The Hall–Kier alpha value is -1.52. The van der Waals surface area contributed by atoms with Crippen LogP contribution in [0.5, 0.6) is 0 Å². The van der Waals surface area contributed by atoms with Crippen LogP contribution in [0.3, 0.4) is 0 Å². The second kappa shape index (κ2) is 4.55. The van der Waals surface area contributed by atoms with Gasteiger partial charge in [0.05, 0.1) is 12.5 Å². The first-order valence-corrected chi connectivity index (χ1v) is 5.32. The molecule has 0 aliphatic rings. The molecule has 1 heterocycles. The Labute approximate surface area is 96.0 Å². The predicted octanol–water partition coefficient (Wildman–Crippen LogP) is 2.18. The van der Waals surface area contributed by atoms with Crippen LogP contribution in [-0.2, 0) is 11.8 Å². The Morgan fingerprint density at radius 2 is 2.19 bits per heavy atom. The van der Waals surface area contributed by atoms with E-state index >= 15 is 0 Å². The van der Waals surface area contributed by atoms with Gasteiger partial charge in [0, 0.05) is 13.6 Å². The lowest BCUT2D eigenvalue weighted by Gasteiger charge is -2.26. The minimum atomic E-state index is -0.483. The molecule has 0 atom stereocenters. The third-order valence-electron chi connectivity index (χ3n) is 2.00. The van der Waals surface area contributed by atoms with Crippen LogP contribution in [0.1, 0.15) is 27.7 Å². The highest BCUT2D eigenvalue weighted by atomic mass is 16.6. The van der Waals surface area contributed by atoms with Crippen LogP contribution >= 0.6 is 0 Å². The number of carbonyl (C=O) groups is 1. The fourth-order valence-corrected chi connectivity index (χ4v) is 1.31. The summed E-state index contributed by atoms with van der Waals surface area (Å²) in [5, 5.41) is 0. The van der Waals surface area contributed by atoms with Crippen molar-refractivity contribution in [2.75, 3.05) is 11.4 Å². The Kier molecular flexibility index (Phi) is 3.57.